The zero-order valence-electron chi connectivity index (χ0n) is 13.0. The first kappa shape index (κ1) is 13.6. The first-order chi connectivity index (χ1) is 10.1. The van der Waals surface area contributed by atoms with Crippen molar-refractivity contribution in [2.24, 2.45) is 17.8 Å². The molecule has 5 atom stereocenters. The van der Waals surface area contributed by atoms with Gasteiger partial charge < -0.3 is 9.80 Å². The van der Waals surface area contributed by atoms with Gasteiger partial charge in [-0.25, -0.2) is 0 Å². The van der Waals surface area contributed by atoms with Gasteiger partial charge in [-0.3, -0.25) is 9.59 Å². The summed E-state index contributed by atoms with van der Waals surface area (Å²) in [7, 11) is 0. The zero-order chi connectivity index (χ0) is 14.6. The number of rotatable bonds is 2. The highest BCUT2D eigenvalue weighted by Gasteiger charge is 2.46. The van der Waals surface area contributed by atoms with Crippen molar-refractivity contribution < 1.29 is 9.59 Å². The molecule has 0 aromatic carbocycles. The first-order valence-electron chi connectivity index (χ1n) is 8.75. The number of amides is 2. The third-order valence-electron chi connectivity index (χ3n) is 6.61. The maximum Gasteiger partial charge on any atom is 0.245 e. The molecule has 21 heavy (non-hydrogen) atoms. The van der Waals surface area contributed by atoms with Crippen molar-refractivity contribution in [1.82, 2.24) is 9.80 Å². The van der Waals surface area contributed by atoms with E-state index in [1.54, 1.807) is 0 Å². The molecule has 2 bridgehead atoms. The van der Waals surface area contributed by atoms with Crippen LogP contribution in [0.3, 0.4) is 0 Å². The van der Waals surface area contributed by atoms with E-state index in [2.05, 4.69) is 11.8 Å². The lowest BCUT2D eigenvalue weighted by Crippen LogP contribution is -2.49. The highest BCUT2D eigenvalue weighted by atomic mass is 16.2. The van der Waals surface area contributed by atoms with Crippen LogP contribution in [0.4, 0.5) is 0 Å². The molecule has 4 heteroatoms. The Hall–Kier alpha value is -1.06. The van der Waals surface area contributed by atoms with Crippen molar-refractivity contribution in [2.75, 3.05) is 13.1 Å². The highest BCUT2D eigenvalue weighted by molar-refractivity contribution is 5.90. The second-order valence-electron chi connectivity index (χ2n) is 7.61. The van der Waals surface area contributed by atoms with E-state index >= 15 is 0 Å². The summed E-state index contributed by atoms with van der Waals surface area (Å²) in [5.74, 6) is 2.84. The zero-order valence-corrected chi connectivity index (χ0v) is 13.0. The van der Waals surface area contributed by atoms with Gasteiger partial charge in [0.15, 0.2) is 0 Å². The molecule has 4 nitrogen and oxygen atoms in total. The van der Waals surface area contributed by atoms with E-state index in [0.29, 0.717) is 24.9 Å². The monoisotopic (exact) mass is 290 g/mol. The molecule has 4 fully saturated rings. The Bertz CT molecular complexity index is 464. The molecule has 116 valence electrons. The van der Waals surface area contributed by atoms with Crippen LogP contribution in [-0.4, -0.2) is 46.8 Å². The van der Waals surface area contributed by atoms with Gasteiger partial charge in [0.1, 0.15) is 6.04 Å². The number of fused-ring (bicyclic) bond motifs is 3. The first-order valence-corrected chi connectivity index (χ1v) is 8.75. The summed E-state index contributed by atoms with van der Waals surface area (Å²) >= 11 is 0. The van der Waals surface area contributed by atoms with Crippen LogP contribution >= 0.6 is 0 Å². The fourth-order valence-corrected chi connectivity index (χ4v) is 5.50. The molecule has 2 aliphatic carbocycles. The van der Waals surface area contributed by atoms with Crippen LogP contribution in [0.25, 0.3) is 0 Å². The normalized spacial score (nSPS) is 40.6. The molecular formula is C17H26N2O2. The molecule has 2 aliphatic heterocycles. The van der Waals surface area contributed by atoms with Gasteiger partial charge in [0.25, 0.3) is 0 Å². The van der Waals surface area contributed by atoms with Crippen LogP contribution < -0.4 is 0 Å². The summed E-state index contributed by atoms with van der Waals surface area (Å²) in [6.07, 6.45) is 7.81. The van der Waals surface area contributed by atoms with Crippen molar-refractivity contribution in [3.8, 4) is 0 Å². The van der Waals surface area contributed by atoms with Gasteiger partial charge in [-0.2, -0.15) is 0 Å². The lowest BCUT2D eigenvalue weighted by Gasteiger charge is -2.37. The minimum atomic E-state index is -0.152. The van der Waals surface area contributed by atoms with E-state index in [1.165, 1.54) is 25.7 Å². The number of nitrogens with zero attached hydrogens (tertiary/aromatic N) is 2. The summed E-state index contributed by atoms with van der Waals surface area (Å²) in [6, 6.07) is 0.169. The Balaban J connectivity index is 1.53. The third kappa shape index (κ3) is 2.09. The van der Waals surface area contributed by atoms with E-state index in [4.69, 9.17) is 0 Å². The van der Waals surface area contributed by atoms with E-state index in [0.717, 1.165) is 31.2 Å². The quantitative estimate of drug-likeness (QED) is 0.781. The molecule has 2 saturated heterocycles. The van der Waals surface area contributed by atoms with Crippen LogP contribution in [0.5, 0.6) is 0 Å². The molecular weight excluding hydrogens is 264 g/mol. The molecule has 4 aliphatic rings. The van der Waals surface area contributed by atoms with Crippen molar-refractivity contribution in [3.05, 3.63) is 0 Å². The predicted molar refractivity (Wildman–Crippen MR) is 79.5 cm³/mol. The van der Waals surface area contributed by atoms with Gasteiger partial charge in [0.05, 0.1) is 0 Å². The van der Waals surface area contributed by atoms with Crippen molar-refractivity contribution in [2.45, 2.75) is 64.0 Å². The minimum absolute atomic E-state index is 0.152. The molecule has 0 aromatic heterocycles. The van der Waals surface area contributed by atoms with Crippen LogP contribution in [0, 0.1) is 17.8 Å². The maximum atomic E-state index is 12.9. The lowest BCUT2D eigenvalue weighted by atomic mass is 9.83. The highest BCUT2D eigenvalue weighted by Crippen LogP contribution is 2.50. The summed E-state index contributed by atoms with van der Waals surface area (Å²) < 4.78 is 0. The van der Waals surface area contributed by atoms with Crippen LogP contribution in [0.1, 0.15) is 51.9 Å². The number of carbonyl (C=O) groups excluding carboxylic acids is 2. The summed E-state index contributed by atoms with van der Waals surface area (Å²) in [4.78, 5) is 29.0. The van der Waals surface area contributed by atoms with E-state index in [1.807, 2.05) is 4.90 Å². The molecule has 4 rings (SSSR count). The van der Waals surface area contributed by atoms with Crippen molar-refractivity contribution in [1.29, 1.82) is 0 Å². The van der Waals surface area contributed by atoms with Crippen LogP contribution in [0.15, 0.2) is 0 Å². The SMILES string of the molecule is CC(C1CC2CCC1C2)N1CCC(=O)N2CCCC2C1=O. The molecule has 2 saturated carbocycles. The van der Waals surface area contributed by atoms with Crippen LogP contribution in [-0.2, 0) is 9.59 Å². The third-order valence-corrected chi connectivity index (χ3v) is 6.61. The number of carbonyl (C=O) groups is 2. The minimum Gasteiger partial charge on any atom is -0.337 e. The second kappa shape index (κ2) is 4.99. The molecule has 5 unspecified atom stereocenters. The summed E-state index contributed by atoms with van der Waals surface area (Å²) in [5.41, 5.74) is 0. The standard InChI is InChI=1S/C17H26N2O2/c1-11(14-10-12-4-5-13(14)9-12)18-8-6-16(20)19-7-2-3-15(19)17(18)21/h11-15H,2-10H2,1H3. The van der Waals surface area contributed by atoms with Gasteiger partial charge in [0, 0.05) is 25.6 Å². The van der Waals surface area contributed by atoms with E-state index < -0.39 is 0 Å². The second-order valence-corrected chi connectivity index (χ2v) is 7.61. The fraction of sp³-hybridized carbons (Fsp3) is 0.882. The average molecular weight is 290 g/mol. The van der Waals surface area contributed by atoms with E-state index in [9.17, 15) is 9.59 Å². The van der Waals surface area contributed by atoms with E-state index in [-0.39, 0.29) is 17.9 Å². The van der Waals surface area contributed by atoms with Gasteiger partial charge in [-0.1, -0.05) is 6.42 Å². The van der Waals surface area contributed by atoms with Crippen molar-refractivity contribution in [3.63, 3.8) is 0 Å². The molecule has 0 aromatic rings. The number of hydrogen-bond donors (Lipinski definition) is 0. The molecule has 0 radical (unpaired) electrons. The largest absolute Gasteiger partial charge is 0.337 e. The summed E-state index contributed by atoms with van der Waals surface area (Å²) in [5, 5.41) is 0. The number of hydrogen-bond acceptors (Lipinski definition) is 2. The van der Waals surface area contributed by atoms with Crippen LogP contribution in [0.2, 0.25) is 0 Å². The van der Waals surface area contributed by atoms with Gasteiger partial charge in [-0.05, 0) is 56.8 Å². The van der Waals surface area contributed by atoms with Gasteiger partial charge >= 0.3 is 0 Å². The molecule has 0 spiro atoms. The summed E-state index contributed by atoms with van der Waals surface area (Å²) in [6.45, 7) is 3.66. The molecule has 0 N–H and O–H groups in total. The molecule has 2 heterocycles. The predicted octanol–water partition coefficient (Wildman–Crippen LogP) is 2.03. The maximum absolute atomic E-state index is 12.9. The Morgan fingerprint density at radius 3 is 2.67 bits per heavy atom. The Morgan fingerprint density at radius 1 is 1.10 bits per heavy atom. The van der Waals surface area contributed by atoms with Gasteiger partial charge in [-0.15, -0.1) is 0 Å². The van der Waals surface area contributed by atoms with Gasteiger partial charge in [0.2, 0.25) is 11.8 Å². The molecule has 2 amide bonds. The topological polar surface area (TPSA) is 40.6 Å². The Labute approximate surface area is 126 Å². The fourth-order valence-electron chi connectivity index (χ4n) is 5.50. The average Bonchev–Trinajstić information content (AvgIpc) is 3.20. The Kier molecular flexibility index (Phi) is 3.23. The smallest absolute Gasteiger partial charge is 0.245 e. The Morgan fingerprint density at radius 2 is 1.95 bits per heavy atom. The lowest BCUT2D eigenvalue weighted by molar-refractivity contribution is -0.141. The van der Waals surface area contributed by atoms with Crippen molar-refractivity contribution >= 4 is 11.8 Å².